The summed E-state index contributed by atoms with van der Waals surface area (Å²) in [5, 5.41) is -0.346. The van der Waals surface area contributed by atoms with E-state index in [2.05, 4.69) is 0 Å². The molecule has 0 fully saturated rings. The van der Waals surface area contributed by atoms with E-state index in [0.29, 0.717) is 18.8 Å². The molecule has 2 nitrogen and oxygen atoms in total. The predicted octanol–water partition coefficient (Wildman–Crippen LogP) is 4.62. The van der Waals surface area contributed by atoms with E-state index < -0.39 is 0 Å². The molecule has 1 aliphatic rings. The molecule has 2 aromatic rings. The minimum Gasteiger partial charge on any atom is -0.490 e. The summed E-state index contributed by atoms with van der Waals surface area (Å²) in [6, 6.07) is 10.6. The molecule has 110 valence electrons. The quantitative estimate of drug-likeness (QED) is 0.754. The molecule has 0 spiro atoms. The lowest BCUT2D eigenvalue weighted by atomic mass is 10.0. The topological polar surface area (TPSA) is 18.5 Å². The van der Waals surface area contributed by atoms with Gasteiger partial charge in [-0.25, -0.2) is 4.39 Å². The fourth-order valence-electron chi connectivity index (χ4n) is 2.36. The van der Waals surface area contributed by atoms with Crippen LogP contribution in [0.25, 0.3) is 0 Å². The molecule has 4 heteroatoms. The van der Waals surface area contributed by atoms with Gasteiger partial charge in [0.1, 0.15) is 5.82 Å². The van der Waals surface area contributed by atoms with E-state index >= 15 is 0 Å². The molecular weight excluding hydrogens is 291 g/mol. The van der Waals surface area contributed by atoms with Crippen LogP contribution in [-0.4, -0.2) is 13.2 Å². The smallest absolute Gasteiger partial charge is 0.161 e. The van der Waals surface area contributed by atoms with Crippen LogP contribution in [-0.2, 0) is 0 Å². The van der Waals surface area contributed by atoms with Gasteiger partial charge in [-0.2, -0.15) is 0 Å². The first-order chi connectivity index (χ1) is 10.1. The van der Waals surface area contributed by atoms with Gasteiger partial charge in [-0.05, 0) is 41.8 Å². The number of halogens is 2. The van der Waals surface area contributed by atoms with Gasteiger partial charge in [0.05, 0.1) is 18.6 Å². The summed E-state index contributed by atoms with van der Waals surface area (Å²) in [7, 11) is 0. The lowest BCUT2D eigenvalue weighted by Crippen LogP contribution is -1.98. The molecule has 0 aromatic heterocycles. The van der Waals surface area contributed by atoms with Gasteiger partial charge in [0.15, 0.2) is 11.5 Å². The third-order valence-electron chi connectivity index (χ3n) is 3.54. The Morgan fingerprint density at radius 1 is 1.00 bits per heavy atom. The first-order valence-corrected chi connectivity index (χ1v) is 7.38. The van der Waals surface area contributed by atoms with Crippen molar-refractivity contribution in [2.75, 3.05) is 13.2 Å². The number of benzene rings is 2. The number of ether oxygens (including phenoxy) is 2. The molecule has 0 saturated carbocycles. The number of alkyl halides is 1. The first kappa shape index (κ1) is 14.2. The van der Waals surface area contributed by atoms with E-state index in [1.165, 1.54) is 6.07 Å². The average Bonchev–Trinajstić information content (AvgIpc) is 2.73. The monoisotopic (exact) mass is 306 g/mol. The zero-order valence-corrected chi connectivity index (χ0v) is 12.5. The number of hydrogen-bond acceptors (Lipinski definition) is 2. The zero-order chi connectivity index (χ0) is 14.8. The third-order valence-corrected chi connectivity index (χ3v) is 4.04. The molecule has 1 atom stereocenters. The van der Waals surface area contributed by atoms with Crippen LogP contribution in [0.4, 0.5) is 4.39 Å². The Bertz CT molecular complexity index is 657. The third kappa shape index (κ3) is 2.98. The van der Waals surface area contributed by atoms with Gasteiger partial charge in [-0.3, -0.25) is 0 Å². The van der Waals surface area contributed by atoms with E-state index in [0.717, 1.165) is 29.0 Å². The highest BCUT2D eigenvalue weighted by Gasteiger charge is 2.16. The Morgan fingerprint density at radius 3 is 2.43 bits per heavy atom. The average molecular weight is 307 g/mol. The SMILES string of the molecule is Cc1cc(C(Cl)c2ccc3c(c2)OCCCO3)ccc1F. The van der Waals surface area contributed by atoms with Crippen molar-refractivity contribution < 1.29 is 13.9 Å². The molecule has 0 radical (unpaired) electrons. The summed E-state index contributed by atoms with van der Waals surface area (Å²) < 4.78 is 24.6. The van der Waals surface area contributed by atoms with Gasteiger partial charge < -0.3 is 9.47 Å². The zero-order valence-electron chi connectivity index (χ0n) is 11.7. The van der Waals surface area contributed by atoms with Crippen molar-refractivity contribution in [2.45, 2.75) is 18.7 Å². The first-order valence-electron chi connectivity index (χ1n) is 6.95. The second-order valence-corrected chi connectivity index (χ2v) is 5.56. The maximum atomic E-state index is 13.4. The van der Waals surface area contributed by atoms with Crippen molar-refractivity contribution in [3.05, 3.63) is 58.9 Å². The molecule has 0 N–H and O–H groups in total. The lowest BCUT2D eigenvalue weighted by Gasteiger charge is -2.14. The molecule has 1 unspecified atom stereocenters. The van der Waals surface area contributed by atoms with Gasteiger partial charge in [0, 0.05) is 6.42 Å². The van der Waals surface area contributed by atoms with Crippen molar-refractivity contribution in [1.29, 1.82) is 0 Å². The van der Waals surface area contributed by atoms with Crippen LogP contribution in [0, 0.1) is 12.7 Å². The second-order valence-electron chi connectivity index (χ2n) is 5.13. The molecule has 3 rings (SSSR count). The molecule has 0 bridgehead atoms. The summed E-state index contributed by atoms with van der Waals surface area (Å²) >= 11 is 6.52. The van der Waals surface area contributed by atoms with Crippen molar-refractivity contribution >= 4 is 11.6 Å². The minimum absolute atomic E-state index is 0.221. The fourth-order valence-corrected chi connectivity index (χ4v) is 2.63. The Kier molecular flexibility index (Phi) is 4.02. The summed E-state index contributed by atoms with van der Waals surface area (Å²) in [4.78, 5) is 0. The molecule has 1 heterocycles. The van der Waals surface area contributed by atoms with E-state index in [1.54, 1.807) is 19.1 Å². The van der Waals surface area contributed by atoms with Crippen LogP contribution in [0.1, 0.15) is 28.5 Å². The Hall–Kier alpha value is -1.74. The summed E-state index contributed by atoms with van der Waals surface area (Å²) in [5.74, 6) is 1.24. The van der Waals surface area contributed by atoms with Crippen LogP contribution in [0.2, 0.25) is 0 Å². The Labute approximate surface area is 128 Å². The predicted molar refractivity (Wildman–Crippen MR) is 80.9 cm³/mol. The van der Waals surface area contributed by atoms with Crippen LogP contribution in [0.3, 0.4) is 0 Å². The van der Waals surface area contributed by atoms with Gasteiger partial charge in [0.25, 0.3) is 0 Å². The molecule has 0 amide bonds. The molecule has 0 saturated heterocycles. The Morgan fingerprint density at radius 2 is 1.67 bits per heavy atom. The standard InChI is InChI=1S/C17H16ClFO2/c1-11-9-12(3-5-14(11)19)17(18)13-4-6-15-16(10-13)21-8-2-7-20-15/h3-6,9-10,17H,2,7-8H2,1H3. The maximum Gasteiger partial charge on any atom is 0.161 e. The molecular formula is C17H16ClFO2. The van der Waals surface area contributed by atoms with Gasteiger partial charge in [-0.1, -0.05) is 18.2 Å². The van der Waals surface area contributed by atoms with Crippen LogP contribution in [0.15, 0.2) is 36.4 Å². The van der Waals surface area contributed by atoms with E-state index in [-0.39, 0.29) is 11.2 Å². The highest BCUT2D eigenvalue weighted by Crippen LogP contribution is 2.36. The van der Waals surface area contributed by atoms with Crippen LogP contribution < -0.4 is 9.47 Å². The van der Waals surface area contributed by atoms with Crippen molar-refractivity contribution in [3.63, 3.8) is 0 Å². The van der Waals surface area contributed by atoms with Crippen molar-refractivity contribution in [1.82, 2.24) is 0 Å². The molecule has 2 aromatic carbocycles. The summed E-state index contributed by atoms with van der Waals surface area (Å²) in [5.41, 5.74) is 2.37. The highest BCUT2D eigenvalue weighted by atomic mass is 35.5. The van der Waals surface area contributed by atoms with Crippen LogP contribution in [0.5, 0.6) is 11.5 Å². The maximum absolute atomic E-state index is 13.4. The minimum atomic E-state index is -0.346. The van der Waals surface area contributed by atoms with E-state index in [4.69, 9.17) is 21.1 Å². The van der Waals surface area contributed by atoms with Crippen molar-refractivity contribution in [3.8, 4) is 11.5 Å². The van der Waals surface area contributed by atoms with Crippen molar-refractivity contribution in [2.24, 2.45) is 0 Å². The van der Waals surface area contributed by atoms with Gasteiger partial charge >= 0.3 is 0 Å². The molecule has 21 heavy (non-hydrogen) atoms. The van der Waals surface area contributed by atoms with E-state index in [1.807, 2.05) is 18.2 Å². The number of aryl methyl sites for hydroxylation is 1. The molecule has 0 aliphatic carbocycles. The fraction of sp³-hybridized carbons (Fsp3) is 0.294. The number of fused-ring (bicyclic) bond motifs is 1. The lowest BCUT2D eigenvalue weighted by molar-refractivity contribution is 0.297. The normalized spacial score (nSPS) is 15.4. The van der Waals surface area contributed by atoms with Gasteiger partial charge in [-0.15, -0.1) is 11.6 Å². The molecule has 1 aliphatic heterocycles. The number of hydrogen-bond donors (Lipinski definition) is 0. The summed E-state index contributed by atoms with van der Waals surface area (Å²) in [6.45, 7) is 3.03. The second kappa shape index (κ2) is 5.94. The highest BCUT2D eigenvalue weighted by molar-refractivity contribution is 6.22. The Balaban J connectivity index is 1.92. The largest absolute Gasteiger partial charge is 0.490 e. The van der Waals surface area contributed by atoms with Crippen LogP contribution >= 0.6 is 11.6 Å². The van der Waals surface area contributed by atoms with E-state index in [9.17, 15) is 4.39 Å². The van der Waals surface area contributed by atoms with Gasteiger partial charge in [0.2, 0.25) is 0 Å². The summed E-state index contributed by atoms with van der Waals surface area (Å²) in [6.07, 6.45) is 0.867. The number of rotatable bonds is 2.